The van der Waals surface area contributed by atoms with Crippen LogP contribution in [0, 0.1) is 10.1 Å². The molecule has 2 aromatic heterocycles. The first-order chi connectivity index (χ1) is 12.0. The Bertz CT molecular complexity index is 922. The van der Waals surface area contributed by atoms with E-state index in [1.807, 2.05) is 0 Å². The lowest BCUT2D eigenvalue weighted by Crippen LogP contribution is -2.02. The molecule has 3 aromatic rings. The van der Waals surface area contributed by atoms with E-state index in [9.17, 15) is 14.9 Å². The summed E-state index contributed by atoms with van der Waals surface area (Å²) >= 11 is 5.90. The van der Waals surface area contributed by atoms with E-state index >= 15 is 0 Å². The molecule has 0 spiro atoms. The minimum Gasteiger partial charge on any atom is -0.361 e. The highest BCUT2D eigenvalue weighted by atomic mass is 35.5. The molecule has 0 unspecified atom stereocenters. The smallest absolute Gasteiger partial charge is 0.269 e. The minimum atomic E-state index is -0.465. The number of halogens is 1. The summed E-state index contributed by atoms with van der Waals surface area (Å²) in [5, 5.41) is 14.8. The molecular formula is C17H12ClN3O4. The molecule has 0 saturated heterocycles. The Kier molecular flexibility index (Phi) is 4.85. The first kappa shape index (κ1) is 16.8. The molecule has 0 radical (unpaired) electrons. The van der Waals surface area contributed by atoms with Crippen LogP contribution in [0.2, 0.25) is 5.15 Å². The number of non-ortho nitro benzene ring substituents is 1. The van der Waals surface area contributed by atoms with Crippen molar-refractivity contribution in [2.24, 2.45) is 0 Å². The Labute approximate surface area is 147 Å². The molecule has 3 rings (SSSR count). The standard InChI is InChI=1S/C17H12ClN3O4/c18-17-14(2-1-9-19-17)16(22)8-7-13-10-15(20-25-13)11-3-5-12(6-4-11)21(23)24/h1-6,9-10H,7-8H2. The van der Waals surface area contributed by atoms with Crippen LogP contribution < -0.4 is 0 Å². The van der Waals surface area contributed by atoms with E-state index in [0.717, 1.165) is 0 Å². The predicted molar refractivity (Wildman–Crippen MR) is 90.5 cm³/mol. The lowest BCUT2D eigenvalue weighted by molar-refractivity contribution is -0.384. The fraction of sp³-hybridized carbons (Fsp3) is 0.118. The highest BCUT2D eigenvalue weighted by Gasteiger charge is 2.14. The van der Waals surface area contributed by atoms with Crippen molar-refractivity contribution in [3.63, 3.8) is 0 Å². The number of hydrogen-bond acceptors (Lipinski definition) is 6. The van der Waals surface area contributed by atoms with Gasteiger partial charge in [0.1, 0.15) is 16.6 Å². The first-order valence-electron chi connectivity index (χ1n) is 7.39. The summed E-state index contributed by atoms with van der Waals surface area (Å²) in [5.41, 5.74) is 1.63. The molecule has 2 heterocycles. The van der Waals surface area contributed by atoms with Gasteiger partial charge < -0.3 is 4.52 Å². The molecule has 7 nitrogen and oxygen atoms in total. The molecule has 0 N–H and O–H groups in total. The number of aryl methyl sites for hydroxylation is 1. The van der Waals surface area contributed by atoms with E-state index in [1.165, 1.54) is 18.3 Å². The maximum absolute atomic E-state index is 12.2. The van der Waals surface area contributed by atoms with E-state index in [2.05, 4.69) is 10.1 Å². The second-order valence-electron chi connectivity index (χ2n) is 5.25. The van der Waals surface area contributed by atoms with Crippen molar-refractivity contribution in [2.45, 2.75) is 12.8 Å². The lowest BCUT2D eigenvalue weighted by Gasteiger charge is -2.00. The van der Waals surface area contributed by atoms with Crippen LogP contribution in [-0.2, 0) is 6.42 Å². The minimum absolute atomic E-state index is 0.00594. The number of ketones is 1. The zero-order valence-electron chi connectivity index (χ0n) is 12.9. The SMILES string of the molecule is O=C(CCc1cc(-c2ccc([N+](=O)[O-])cc2)no1)c1cccnc1Cl. The van der Waals surface area contributed by atoms with Crippen LogP contribution in [0.3, 0.4) is 0 Å². The molecule has 0 aliphatic rings. The fourth-order valence-electron chi connectivity index (χ4n) is 2.29. The summed E-state index contributed by atoms with van der Waals surface area (Å²) in [5.74, 6) is 0.410. The summed E-state index contributed by atoms with van der Waals surface area (Å²) in [4.78, 5) is 26.2. The maximum Gasteiger partial charge on any atom is 0.269 e. The molecular weight excluding hydrogens is 346 g/mol. The Hall–Kier alpha value is -3.06. The Morgan fingerprint density at radius 3 is 2.68 bits per heavy atom. The number of benzene rings is 1. The maximum atomic E-state index is 12.2. The molecule has 1 aromatic carbocycles. The highest BCUT2D eigenvalue weighted by molar-refractivity contribution is 6.32. The number of nitro groups is 1. The monoisotopic (exact) mass is 357 g/mol. The quantitative estimate of drug-likeness (QED) is 0.285. The molecule has 0 bridgehead atoms. The van der Waals surface area contributed by atoms with Crippen LogP contribution in [-0.4, -0.2) is 20.8 Å². The summed E-state index contributed by atoms with van der Waals surface area (Å²) in [6.45, 7) is 0. The van der Waals surface area contributed by atoms with Gasteiger partial charge in [-0.15, -0.1) is 0 Å². The zero-order chi connectivity index (χ0) is 17.8. The third-order valence-corrected chi connectivity index (χ3v) is 3.89. The van der Waals surface area contributed by atoms with E-state index in [0.29, 0.717) is 29.0 Å². The number of hydrogen-bond donors (Lipinski definition) is 0. The van der Waals surface area contributed by atoms with E-state index in [-0.39, 0.29) is 23.0 Å². The molecule has 8 heteroatoms. The molecule has 0 aliphatic carbocycles. The van der Waals surface area contributed by atoms with Crippen molar-refractivity contribution >= 4 is 23.1 Å². The van der Waals surface area contributed by atoms with Gasteiger partial charge in [-0.25, -0.2) is 4.98 Å². The van der Waals surface area contributed by atoms with Gasteiger partial charge >= 0.3 is 0 Å². The third-order valence-electron chi connectivity index (χ3n) is 3.59. The number of pyridine rings is 1. The van der Waals surface area contributed by atoms with Gasteiger partial charge in [0.25, 0.3) is 5.69 Å². The second-order valence-corrected chi connectivity index (χ2v) is 5.61. The van der Waals surface area contributed by atoms with Gasteiger partial charge in [-0.2, -0.15) is 0 Å². The van der Waals surface area contributed by atoms with E-state index in [4.69, 9.17) is 16.1 Å². The first-order valence-corrected chi connectivity index (χ1v) is 7.76. The van der Waals surface area contributed by atoms with Gasteiger partial charge in [0.15, 0.2) is 5.78 Å². The number of aromatic nitrogens is 2. The highest BCUT2D eigenvalue weighted by Crippen LogP contribution is 2.23. The van der Waals surface area contributed by atoms with Crippen molar-refractivity contribution in [3.05, 3.63) is 75.3 Å². The summed E-state index contributed by atoms with van der Waals surface area (Å²) in [7, 11) is 0. The van der Waals surface area contributed by atoms with Gasteiger partial charge in [0, 0.05) is 42.8 Å². The third kappa shape index (κ3) is 3.89. The number of carbonyl (C=O) groups excluding carboxylic acids is 1. The molecule has 0 fully saturated rings. The topological polar surface area (TPSA) is 99.1 Å². The van der Waals surface area contributed by atoms with Crippen LogP contribution in [0.1, 0.15) is 22.5 Å². The van der Waals surface area contributed by atoms with Crippen LogP contribution in [0.4, 0.5) is 5.69 Å². The summed E-state index contributed by atoms with van der Waals surface area (Å²) < 4.78 is 5.23. The molecule has 126 valence electrons. The molecule has 0 atom stereocenters. The predicted octanol–water partition coefficient (Wildman–Crippen LogP) is 4.11. The van der Waals surface area contributed by atoms with Gasteiger partial charge in [-0.3, -0.25) is 14.9 Å². The van der Waals surface area contributed by atoms with Crippen molar-refractivity contribution in [1.82, 2.24) is 10.1 Å². The Morgan fingerprint density at radius 2 is 2.00 bits per heavy atom. The number of Topliss-reactive ketones (excluding diaryl/α,β-unsaturated/α-hetero) is 1. The van der Waals surface area contributed by atoms with Crippen molar-refractivity contribution in [2.75, 3.05) is 0 Å². The lowest BCUT2D eigenvalue weighted by atomic mass is 10.1. The molecule has 0 aliphatic heterocycles. The summed E-state index contributed by atoms with van der Waals surface area (Å²) in [6.07, 6.45) is 2.09. The summed E-state index contributed by atoms with van der Waals surface area (Å²) in [6, 6.07) is 11.0. The van der Waals surface area contributed by atoms with Crippen molar-refractivity contribution in [1.29, 1.82) is 0 Å². The normalized spacial score (nSPS) is 10.6. The average Bonchev–Trinajstić information content (AvgIpc) is 3.09. The Morgan fingerprint density at radius 1 is 1.24 bits per heavy atom. The van der Waals surface area contributed by atoms with Crippen molar-refractivity contribution < 1.29 is 14.2 Å². The van der Waals surface area contributed by atoms with Crippen LogP contribution >= 0.6 is 11.6 Å². The van der Waals surface area contributed by atoms with E-state index < -0.39 is 4.92 Å². The number of nitrogens with zero attached hydrogens (tertiary/aromatic N) is 3. The average molecular weight is 358 g/mol. The van der Waals surface area contributed by atoms with Crippen LogP contribution in [0.15, 0.2) is 53.2 Å². The fourth-order valence-corrected chi connectivity index (χ4v) is 2.51. The van der Waals surface area contributed by atoms with Gasteiger partial charge in [0.2, 0.25) is 0 Å². The number of rotatable bonds is 6. The zero-order valence-corrected chi connectivity index (χ0v) is 13.6. The van der Waals surface area contributed by atoms with Crippen molar-refractivity contribution in [3.8, 4) is 11.3 Å². The van der Waals surface area contributed by atoms with Gasteiger partial charge in [-0.05, 0) is 24.3 Å². The van der Waals surface area contributed by atoms with Crippen LogP contribution in [0.25, 0.3) is 11.3 Å². The van der Waals surface area contributed by atoms with Crippen LogP contribution in [0.5, 0.6) is 0 Å². The molecule has 25 heavy (non-hydrogen) atoms. The number of nitro benzene ring substituents is 1. The molecule has 0 amide bonds. The van der Waals surface area contributed by atoms with Gasteiger partial charge in [0.05, 0.1) is 10.5 Å². The Balaban J connectivity index is 1.67. The number of carbonyl (C=O) groups is 1. The second kappa shape index (κ2) is 7.23. The largest absolute Gasteiger partial charge is 0.361 e. The van der Waals surface area contributed by atoms with E-state index in [1.54, 1.807) is 30.3 Å². The van der Waals surface area contributed by atoms with Gasteiger partial charge in [-0.1, -0.05) is 16.8 Å². The molecule has 0 saturated carbocycles.